The number of anilines is 1. The van der Waals surface area contributed by atoms with Crippen LogP contribution >= 0.6 is 0 Å². The smallest absolute Gasteiger partial charge is 0.274 e. The van der Waals surface area contributed by atoms with E-state index in [1.54, 1.807) is 17.6 Å². The lowest BCUT2D eigenvalue weighted by atomic mass is 10.1. The van der Waals surface area contributed by atoms with Crippen molar-refractivity contribution < 1.29 is 10.0 Å². The van der Waals surface area contributed by atoms with Gasteiger partial charge in [-0.05, 0) is 24.1 Å². The largest absolute Gasteiger partial charge is 0.374 e. The molecule has 1 amide bonds. The SMILES string of the molecule is CN1CCc2ccc(C(=O)NO)cc21. The summed E-state index contributed by atoms with van der Waals surface area (Å²) in [6.07, 6.45) is 1.02. The van der Waals surface area contributed by atoms with Crippen molar-refractivity contribution in [3.8, 4) is 0 Å². The van der Waals surface area contributed by atoms with E-state index in [2.05, 4.69) is 4.90 Å². The number of nitrogens with zero attached hydrogens (tertiary/aromatic N) is 1. The minimum absolute atomic E-state index is 0.465. The van der Waals surface area contributed by atoms with Crippen LogP contribution in [-0.4, -0.2) is 24.7 Å². The van der Waals surface area contributed by atoms with Crippen LogP contribution in [0.2, 0.25) is 0 Å². The summed E-state index contributed by atoms with van der Waals surface area (Å²) in [4.78, 5) is 13.2. The van der Waals surface area contributed by atoms with Crippen LogP contribution in [0, 0.1) is 0 Å². The number of hydroxylamine groups is 1. The Bertz CT molecular complexity index is 376. The number of amides is 1. The van der Waals surface area contributed by atoms with E-state index >= 15 is 0 Å². The summed E-state index contributed by atoms with van der Waals surface area (Å²) in [6, 6.07) is 5.46. The van der Waals surface area contributed by atoms with E-state index in [1.165, 1.54) is 5.56 Å². The zero-order valence-corrected chi connectivity index (χ0v) is 7.95. The van der Waals surface area contributed by atoms with Gasteiger partial charge in [0.25, 0.3) is 5.91 Å². The molecule has 1 heterocycles. The van der Waals surface area contributed by atoms with E-state index in [0.717, 1.165) is 18.7 Å². The topological polar surface area (TPSA) is 52.6 Å². The van der Waals surface area contributed by atoms with Crippen LogP contribution in [0.1, 0.15) is 15.9 Å². The second kappa shape index (κ2) is 3.31. The molecule has 2 N–H and O–H groups in total. The Morgan fingerprint density at radius 1 is 1.57 bits per heavy atom. The third kappa shape index (κ3) is 1.33. The zero-order chi connectivity index (χ0) is 10.1. The fourth-order valence-electron chi connectivity index (χ4n) is 1.74. The molecule has 0 aliphatic carbocycles. The first-order valence-electron chi connectivity index (χ1n) is 4.51. The predicted molar refractivity (Wildman–Crippen MR) is 52.7 cm³/mol. The third-order valence-electron chi connectivity index (χ3n) is 2.58. The van der Waals surface area contributed by atoms with Crippen molar-refractivity contribution in [2.45, 2.75) is 6.42 Å². The van der Waals surface area contributed by atoms with Crippen LogP contribution < -0.4 is 10.4 Å². The first kappa shape index (κ1) is 9.02. The second-order valence-electron chi connectivity index (χ2n) is 3.46. The molecule has 1 aromatic carbocycles. The Morgan fingerprint density at radius 3 is 3.07 bits per heavy atom. The van der Waals surface area contributed by atoms with Crippen LogP contribution in [0.5, 0.6) is 0 Å². The first-order chi connectivity index (χ1) is 6.72. The van der Waals surface area contributed by atoms with Crippen LogP contribution in [0.4, 0.5) is 5.69 Å². The van der Waals surface area contributed by atoms with Gasteiger partial charge in [-0.25, -0.2) is 5.48 Å². The van der Waals surface area contributed by atoms with Gasteiger partial charge in [0, 0.05) is 24.8 Å². The monoisotopic (exact) mass is 192 g/mol. The van der Waals surface area contributed by atoms with Crippen LogP contribution in [0.15, 0.2) is 18.2 Å². The number of nitrogens with one attached hydrogen (secondary N) is 1. The number of hydrogen-bond donors (Lipinski definition) is 2. The lowest BCUT2D eigenvalue weighted by molar-refractivity contribution is 0.0706. The van der Waals surface area contributed by atoms with E-state index in [4.69, 9.17) is 5.21 Å². The highest BCUT2D eigenvalue weighted by atomic mass is 16.5. The van der Waals surface area contributed by atoms with Crippen molar-refractivity contribution in [2.75, 3.05) is 18.5 Å². The number of rotatable bonds is 1. The Hall–Kier alpha value is -1.55. The minimum Gasteiger partial charge on any atom is -0.374 e. The summed E-state index contributed by atoms with van der Waals surface area (Å²) < 4.78 is 0. The normalized spacial score (nSPS) is 14.0. The van der Waals surface area contributed by atoms with Crippen molar-refractivity contribution in [3.63, 3.8) is 0 Å². The van der Waals surface area contributed by atoms with Gasteiger partial charge in [0.2, 0.25) is 0 Å². The molecule has 0 fully saturated rings. The highest BCUT2D eigenvalue weighted by Gasteiger charge is 2.17. The van der Waals surface area contributed by atoms with Gasteiger partial charge in [-0.2, -0.15) is 0 Å². The van der Waals surface area contributed by atoms with Crippen LogP contribution in [0.3, 0.4) is 0 Å². The standard InChI is InChI=1S/C10H12N2O2/c1-12-5-4-7-2-3-8(6-9(7)12)10(13)11-14/h2-3,6,14H,4-5H2,1H3,(H,11,13). The molecule has 0 saturated heterocycles. The summed E-state index contributed by atoms with van der Waals surface area (Å²) in [5.74, 6) is -0.465. The van der Waals surface area contributed by atoms with E-state index < -0.39 is 5.91 Å². The van der Waals surface area contributed by atoms with Crippen molar-refractivity contribution >= 4 is 11.6 Å². The molecule has 0 saturated carbocycles. The van der Waals surface area contributed by atoms with Gasteiger partial charge < -0.3 is 4.90 Å². The summed E-state index contributed by atoms with van der Waals surface area (Å²) in [5.41, 5.74) is 4.44. The molecule has 0 spiro atoms. The molecular weight excluding hydrogens is 180 g/mol. The predicted octanol–water partition coefficient (Wildman–Crippen LogP) is 0.798. The molecule has 4 nitrogen and oxygen atoms in total. The maximum atomic E-state index is 11.1. The average Bonchev–Trinajstić information content (AvgIpc) is 2.59. The summed E-state index contributed by atoms with van der Waals surface area (Å²) in [7, 11) is 1.99. The molecule has 0 atom stereocenters. The number of benzene rings is 1. The molecule has 74 valence electrons. The summed E-state index contributed by atoms with van der Waals surface area (Å²) in [6.45, 7) is 0.986. The van der Waals surface area contributed by atoms with E-state index in [9.17, 15) is 4.79 Å². The van der Waals surface area contributed by atoms with E-state index in [-0.39, 0.29) is 0 Å². The van der Waals surface area contributed by atoms with Gasteiger partial charge in [-0.15, -0.1) is 0 Å². The fourth-order valence-corrected chi connectivity index (χ4v) is 1.74. The highest BCUT2D eigenvalue weighted by Crippen LogP contribution is 2.27. The second-order valence-corrected chi connectivity index (χ2v) is 3.46. The molecule has 0 bridgehead atoms. The van der Waals surface area contributed by atoms with Crippen LogP contribution in [0.25, 0.3) is 0 Å². The number of carbonyl (C=O) groups is 1. The fraction of sp³-hybridized carbons (Fsp3) is 0.300. The summed E-state index contributed by atoms with van der Waals surface area (Å²) in [5, 5.41) is 8.49. The van der Waals surface area contributed by atoms with Gasteiger partial charge in [0.15, 0.2) is 0 Å². The van der Waals surface area contributed by atoms with E-state index in [1.807, 2.05) is 13.1 Å². The number of hydrogen-bond acceptors (Lipinski definition) is 3. The summed E-state index contributed by atoms with van der Waals surface area (Å²) >= 11 is 0. The van der Waals surface area contributed by atoms with Gasteiger partial charge in [-0.3, -0.25) is 10.0 Å². The maximum Gasteiger partial charge on any atom is 0.274 e. The molecular formula is C10H12N2O2. The first-order valence-corrected chi connectivity index (χ1v) is 4.51. The van der Waals surface area contributed by atoms with Crippen molar-refractivity contribution in [1.82, 2.24) is 5.48 Å². The van der Waals surface area contributed by atoms with Gasteiger partial charge in [0.1, 0.15) is 0 Å². The lowest BCUT2D eigenvalue weighted by Crippen LogP contribution is -2.19. The van der Waals surface area contributed by atoms with Crippen LogP contribution in [-0.2, 0) is 6.42 Å². The molecule has 0 unspecified atom stereocenters. The highest BCUT2D eigenvalue weighted by molar-refractivity contribution is 5.94. The Balaban J connectivity index is 2.39. The number of carbonyl (C=O) groups excluding carboxylic acids is 1. The third-order valence-corrected chi connectivity index (χ3v) is 2.58. The maximum absolute atomic E-state index is 11.1. The molecule has 1 aromatic rings. The Labute approximate surface area is 82.1 Å². The van der Waals surface area contributed by atoms with Gasteiger partial charge in [0.05, 0.1) is 0 Å². The Kier molecular flexibility index (Phi) is 2.13. The van der Waals surface area contributed by atoms with Crippen molar-refractivity contribution in [3.05, 3.63) is 29.3 Å². The molecule has 0 radical (unpaired) electrons. The lowest BCUT2D eigenvalue weighted by Gasteiger charge is -2.12. The number of fused-ring (bicyclic) bond motifs is 1. The molecule has 2 rings (SSSR count). The van der Waals surface area contributed by atoms with Crippen molar-refractivity contribution in [1.29, 1.82) is 0 Å². The number of likely N-dealkylation sites (N-methyl/N-ethyl adjacent to an activating group) is 1. The average molecular weight is 192 g/mol. The van der Waals surface area contributed by atoms with Gasteiger partial charge >= 0.3 is 0 Å². The Morgan fingerprint density at radius 2 is 2.36 bits per heavy atom. The molecule has 0 aromatic heterocycles. The molecule has 1 aliphatic heterocycles. The zero-order valence-electron chi connectivity index (χ0n) is 7.95. The van der Waals surface area contributed by atoms with E-state index in [0.29, 0.717) is 5.56 Å². The molecule has 14 heavy (non-hydrogen) atoms. The quantitative estimate of drug-likeness (QED) is 0.511. The van der Waals surface area contributed by atoms with Gasteiger partial charge in [-0.1, -0.05) is 6.07 Å². The van der Waals surface area contributed by atoms with Crippen molar-refractivity contribution in [2.24, 2.45) is 0 Å². The minimum atomic E-state index is -0.465. The molecule has 4 heteroatoms. The molecule has 1 aliphatic rings.